The van der Waals surface area contributed by atoms with Gasteiger partial charge in [0, 0.05) is 13.1 Å². The lowest BCUT2D eigenvalue weighted by Crippen LogP contribution is -2.27. The Hall–Kier alpha value is -1.77. The van der Waals surface area contributed by atoms with Crippen LogP contribution in [0.2, 0.25) is 0 Å². The van der Waals surface area contributed by atoms with Crippen molar-refractivity contribution in [2.75, 3.05) is 13.1 Å². The standard InChI is InChI=1S/C18H23N3O4S/c1-12-2-6-15(7-3-12)26(23,24)11-17-19-18(25-20-17)16-8-14(22)10-21(16)9-13-4-5-13/h2-3,6-7,13-14,16,22H,4-5,8-11H2,1H3. The lowest BCUT2D eigenvalue weighted by Gasteiger charge is -2.20. The normalized spacial score (nSPS) is 24.2. The Labute approximate surface area is 152 Å². The summed E-state index contributed by atoms with van der Waals surface area (Å²) in [5.41, 5.74) is 1.00. The van der Waals surface area contributed by atoms with Gasteiger partial charge < -0.3 is 9.63 Å². The number of β-amino-alcohol motifs (C(OH)–C–C–N with tert-alkyl or cyclic N) is 1. The first kappa shape index (κ1) is 17.6. The molecule has 0 spiro atoms. The third kappa shape index (κ3) is 3.82. The van der Waals surface area contributed by atoms with Crippen LogP contribution in [0.25, 0.3) is 0 Å². The van der Waals surface area contributed by atoms with Crippen LogP contribution in [0.4, 0.5) is 0 Å². The molecule has 2 atom stereocenters. The van der Waals surface area contributed by atoms with Crippen LogP contribution in [-0.4, -0.2) is 47.8 Å². The maximum Gasteiger partial charge on any atom is 0.244 e. The summed E-state index contributed by atoms with van der Waals surface area (Å²) in [7, 11) is -3.52. The zero-order valence-electron chi connectivity index (χ0n) is 14.7. The van der Waals surface area contributed by atoms with Crippen molar-refractivity contribution in [3.8, 4) is 0 Å². The van der Waals surface area contributed by atoms with Crippen LogP contribution in [0.3, 0.4) is 0 Å². The second kappa shape index (κ2) is 6.75. The number of benzene rings is 1. The molecule has 2 aliphatic rings. The molecule has 26 heavy (non-hydrogen) atoms. The SMILES string of the molecule is Cc1ccc(S(=O)(=O)Cc2noc(C3CC(O)CN3CC3CC3)n2)cc1. The quantitative estimate of drug-likeness (QED) is 0.821. The molecule has 0 radical (unpaired) electrons. The van der Waals surface area contributed by atoms with E-state index in [2.05, 4.69) is 15.0 Å². The van der Waals surface area contributed by atoms with Crippen LogP contribution >= 0.6 is 0 Å². The highest BCUT2D eigenvalue weighted by Crippen LogP contribution is 2.37. The molecule has 4 rings (SSSR count). The number of aromatic nitrogens is 2. The van der Waals surface area contributed by atoms with Crippen molar-refractivity contribution < 1.29 is 18.0 Å². The molecule has 1 aromatic carbocycles. The summed E-state index contributed by atoms with van der Waals surface area (Å²) in [5.74, 6) is 0.953. The molecule has 1 N–H and O–H groups in total. The molecule has 8 heteroatoms. The average molecular weight is 377 g/mol. The van der Waals surface area contributed by atoms with Crippen molar-refractivity contribution in [2.24, 2.45) is 5.92 Å². The van der Waals surface area contributed by atoms with E-state index in [-0.39, 0.29) is 22.5 Å². The van der Waals surface area contributed by atoms with Gasteiger partial charge >= 0.3 is 0 Å². The van der Waals surface area contributed by atoms with Crippen LogP contribution < -0.4 is 0 Å². The Bertz CT molecular complexity index is 874. The first-order chi connectivity index (χ1) is 12.4. The van der Waals surface area contributed by atoms with Crippen molar-refractivity contribution in [1.29, 1.82) is 0 Å². The molecule has 2 heterocycles. The zero-order chi connectivity index (χ0) is 18.3. The molecule has 2 unspecified atom stereocenters. The van der Waals surface area contributed by atoms with Crippen molar-refractivity contribution in [2.45, 2.75) is 49.0 Å². The Morgan fingerprint density at radius 3 is 2.69 bits per heavy atom. The van der Waals surface area contributed by atoms with Gasteiger partial charge in [-0.05, 0) is 44.2 Å². The van der Waals surface area contributed by atoms with E-state index >= 15 is 0 Å². The molecule has 2 aromatic rings. The summed E-state index contributed by atoms with van der Waals surface area (Å²) in [6.45, 7) is 3.42. The number of aliphatic hydroxyl groups is 1. The molecule has 0 amide bonds. The fourth-order valence-electron chi connectivity index (χ4n) is 3.43. The van der Waals surface area contributed by atoms with Gasteiger partial charge in [0.25, 0.3) is 0 Å². The fraction of sp³-hybridized carbons (Fsp3) is 0.556. The molecule has 1 saturated heterocycles. The third-order valence-corrected chi connectivity index (χ3v) is 6.67. The molecule has 2 fully saturated rings. The minimum Gasteiger partial charge on any atom is -0.392 e. The van der Waals surface area contributed by atoms with E-state index in [0.29, 0.717) is 24.8 Å². The largest absolute Gasteiger partial charge is 0.392 e. The van der Waals surface area contributed by atoms with Gasteiger partial charge in [0.05, 0.1) is 17.0 Å². The zero-order valence-corrected chi connectivity index (χ0v) is 15.5. The number of aliphatic hydroxyl groups excluding tert-OH is 1. The molecular weight excluding hydrogens is 354 g/mol. The summed E-state index contributed by atoms with van der Waals surface area (Å²) in [6, 6.07) is 6.59. The number of likely N-dealkylation sites (tertiary alicyclic amines) is 1. The van der Waals surface area contributed by atoms with Crippen LogP contribution in [0.1, 0.15) is 42.6 Å². The van der Waals surface area contributed by atoms with Gasteiger partial charge in [-0.1, -0.05) is 22.9 Å². The average Bonchev–Trinajstić information content (AvgIpc) is 3.15. The number of nitrogens with zero attached hydrogens (tertiary/aromatic N) is 3. The highest BCUT2D eigenvalue weighted by molar-refractivity contribution is 7.90. The van der Waals surface area contributed by atoms with Gasteiger partial charge in [0.15, 0.2) is 15.7 Å². The first-order valence-corrected chi connectivity index (χ1v) is 10.6. The summed E-state index contributed by atoms with van der Waals surface area (Å²) in [5, 5.41) is 13.9. The smallest absolute Gasteiger partial charge is 0.244 e. The number of hydrogen-bond donors (Lipinski definition) is 1. The number of hydrogen-bond acceptors (Lipinski definition) is 7. The second-order valence-corrected chi connectivity index (χ2v) is 9.41. The number of sulfone groups is 1. The number of aryl methyl sites for hydroxylation is 1. The van der Waals surface area contributed by atoms with Crippen LogP contribution in [-0.2, 0) is 15.6 Å². The van der Waals surface area contributed by atoms with Gasteiger partial charge in [-0.25, -0.2) is 8.42 Å². The highest BCUT2D eigenvalue weighted by atomic mass is 32.2. The van der Waals surface area contributed by atoms with Gasteiger partial charge in [-0.15, -0.1) is 0 Å². The van der Waals surface area contributed by atoms with Crippen LogP contribution in [0.5, 0.6) is 0 Å². The lowest BCUT2D eigenvalue weighted by molar-refractivity contribution is 0.170. The Kier molecular flexibility index (Phi) is 4.58. The molecule has 1 aliphatic carbocycles. The molecule has 0 bridgehead atoms. The second-order valence-electron chi connectivity index (χ2n) is 7.42. The fourth-order valence-corrected chi connectivity index (χ4v) is 4.61. The Morgan fingerprint density at radius 2 is 2.00 bits per heavy atom. The molecule has 7 nitrogen and oxygen atoms in total. The minimum absolute atomic E-state index is 0.131. The predicted octanol–water partition coefficient (Wildman–Crippen LogP) is 1.87. The molecule has 1 aromatic heterocycles. The maximum atomic E-state index is 12.5. The minimum atomic E-state index is -3.52. The van der Waals surface area contributed by atoms with E-state index in [0.717, 1.165) is 12.1 Å². The van der Waals surface area contributed by atoms with Gasteiger partial charge in [0.1, 0.15) is 5.75 Å². The molecule has 140 valence electrons. The third-order valence-electron chi connectivity index (χ3n) is 5.04. The molecule has 1 aliphatic heterocycles. The van der Waals surface area contributed by atoms with Gasteiger partial charge in [0.2, 0.25) is 5.89 Å². The first-order valence-electron chi connectivity index (χ1n) is 8.95. The lowest BCUT2D eigenvalue weighted by atomic mass is 10.2. The monoisotopic (exact) mass is 377 g/mol. The number of rotatable bonds is 6. The van der Waals surface area contributed by atoms with E-state index in [1.54, 1.807) is 24.3 Å². The Morgan fingerprint density at radius 1 is 1.27 bits per heavy atom. The van der Waals surface area contributed by atoms with Crippen molar-refractivity contribution in [3.63, 3.8) is 0 Å². The van der Waals surface area contributed by atoms with Crippen molar-refractivity contribution in [1.82, 2.24) is 15.0 Å². The highest BCUT2D eigenvalue weighted by Gasteiger charge is 2.38. The molecular formula is C18H23N3O4S. The van der Waals surface area contributed by atoms with Crippen molar-refractivity contribution in [3.05, 3.63) is 41.5 Å². The van der Waals surface area contributed by atoms with E-state index in [1.165, 1.54) is 12.8 Å². The molecule has 1 saturated carbocycles. The van der Waals surface area contributed by atoms with E-state index in [1.807, 2.05) is 6.92 Å². The van der Waals surface area contributed by atoms with E-state index in [4.69, 9.17) is 4.52 Å². The van der Waals surface area contributed by atoms with Crippen LogP contribution in [0, 0.1) is 12.8 Å². The Balaban J connectivity index is 1.49. The predicted molar refractivity (Wildman–Crippen MR) is 94.0 cm³/mol. The summed E-state index contributed by atoms with van der Waals surface area (Å²) < 4.78 is 30.4. The van der Waals surface area contributed by atoms with Gasteiger partial charge in [-0.2, -0.15) is 4.98 Å². The van der Waals surface area contributed by atoms with Crippen molar-refractivity contribution >= 4 is 9.84 Å². The summed E-state index contributed by atoms with van der Waals surface area (Å²) >= 11 is 0. The summed E-state index contributed by atoms with van der Waals surface area (Å²) in [6.07, 6.45) is 2.58. The van der Waals surface area contributed by atoms with E-state index in [9.17, 15) is 13.5 Å². The maximum absolute atomic E-state index is 12.5. The van der Waals surface area contributed by atoms with Crippen LogP contribution in [0.15, 0.2) is 33.7 Å². The summed E-state index contributed by atoms with van der Waals surface area (Å²) in [4.78, 5) is 6.75. The topological polar surface area (TPSA) is 96.5 Å². The van der Waals surface area contributed by atoms with E-state index < -0.39 is 15.9 Å². The van der Waals surface area contributed by atoms with Gasteiger partial charge in [-0.3, -0.25) is 4.90 Å².